The van der Waals surface area contributed by atoms with Crippen molar-refractivity contribution in [1.29, 1.82) is 0 Å². The highest BCUT2D eigenvalue weighted by molar-refractivity contribution is 8.13. The molecule has 1 atom stereocenters. The van der Waals surface area contributed by atoms with Gasteiger partial charge in [-0.2, -0.15) is 0 Å². The molecule has 38 heavy (non-hydrogen) atoms. The number of hydrogen-bond acceptors (Lipinski definition) is 5. The number of rotatable bonds is 5. The Morgan fingerprint density at radius 2 is 1.53 bits per heavy atom. The van der Waals surface area contributed by atoms with Gasteiger partial charge >= 0.3 is 6.03 Å². The molecule has 2 aliphatic rings. The van der Waals surface area contributed by atoms with Crippen molar-refractivity contribution in [3.8, 4) is 0 Å². The molecule has 1 fully saturated rings. The number of amides is 3. The molecule has 0 saturated carbocycles. The van der Waals surface area contributed by atoms with Crippen molar-refractivity contribution in [2.75, 3.05) is 28.2 Å². The van der Waals surface area contributed by atoms with E-state index in [1.165, 1.54) is 0 Å². The topological polar surface area (TPSA) is 85.8 Å². The van der Waals surface area contributed by atoms with Crippen molar-refractivity contribution in [2.24, 2.45) is 4.99 Å². The van der Waals surface area contributed by atoms with Crippen LogP contribution < -0.4 is 16.0 Å². The fourth-order valence-corrected chi connectivity index (χ4v) is 5.88. The lowest BCUT2D eigenvalue weighted by Gasteiger charge is -2.40. The molecule has 2 heterocycles. The highest BCUT2D eigenvalue weighted by atomic mass is 32.2. The van der Waals surface area contributed by atoms with Crippen LogP contribution in [0.3, 0.4) is 0 Å². The molecule has 8 heteroatoms. The molecule has 5 rings (SSSR count). The van der Waals surface area contributed by atoms with Gasteiger partial charge in [0.05, 0.1) is 17.3 Å². The van der Waals surface area contributed by atoms with Gasteiger partial charge in [-0.3, -0.25) is 4.79 Å². The Kier molecular flexibility index (Phi) is 7.51. The van der Waals surface area contributed by atoms with E-state index in [-0.39, 0.29) is 18.0 Å². The maximum Gasteiger partial charge on any atom is 0.323 e. The van der Waals surface area contributed by atoms with E-state index in [0.717, 1.165) is 57.6 Å². The first-order chi connectivity index (χ1) is 18.4. The minimum atomic E-state index is -0.298. The van der Waals surface area contributed by atoms with Gasteiger partial charge in [0.25, 0.3) is 5.91 Å². The number of hydrogen-bond donors (Lipinski definition) is 3. The fraction of sp³-hybridized carbons (Fsp3) is 0.233. The Morgan fingerprint density at radius 1 is 0.842 bits per heavy atom. The zero-order chi connectivity index (χ0) is 26.6. The summed E-state index contributed by atoms with van der Waals surface area (Å²) in [6, 6.07) is 22.5. The minimum absolute atomic E-state index is 0.160. The largest absolute Gasteiger partial charge is 0.340 e. The number of benzene rings is 3. The number of fused-ring (bicyclic) bond motifs is 1. The molecule has 0 spiro atoms. The van der Waals surface area contributed by atoms with E-state index in [1.54, 1.807) is 11.8 Å². The minimum Gasteiger partial charge on any atom is -0.340 e. The van der Waals surface area contributed by atoms with E-state index < -0.39 is 0 Å². The van der Waals surface area contributed by atoms with Crippen LogP contribution in [0.25, 0.3) is 0 Å². The number of amidine groups is 1. The van der Waals surface area contributed by atoms with E-state index in [4.69, 9.17) is 4.99 Å². The zero-order valence-electron chi connectivity index (χ0n) is 21.7. The van der Waals surface area contributed by atoms with Crippen molar-refractivity contribution in [1.82, 2.24) is 4.90 Å². The summed E-state index contributed by atoms with van der Waals surface area (Å²) in [6.07, 6.45) is 1.02. The lowest BCUT2D eigenvalue weighted by atomic mass is 9.93. The van der Waals surface area contributed by atoms with Crippen LogP contribution in [0.4, 0.5) is 21.9 Å². The molecular formula is C30H31N5O2S. The van der Waals surface area contributed by atoms with Crippen LogP contribution in [0.15, 0.2) is 89.1 Å². The predicted molar refractivity (Wildman–Crippen MR) is 157 cm³/mol. The Hall–Kier alpha value is -4.04. The highest BCUT2D eigenvalue weighted by Crippen LogP contribution is 2.40. The standard InChI is InChI=1S/C30H31N5O2S/c1-19-9-7-10-20(2)26(19)34-29(37)33-24-15-13-22(14-16-24)27-25(28(36)32-23-11-5-4-6-12-23)21(3)31-30-35(27)17-8-18-38-30/h4-7,9-16,27H,8,17-18H2,1-3H3,(H,32,36)(H2,33,34,37). The summed E-state index contributed by atoms with van der Waals surface area (Å²) in [5.41, 5.74) is 6.57. The van der Waals surface area contributed by atoms with Crippen LogP contribution >= 0.6 is 11.8 Å². The number of anilines is 3. The van der Waals surface area contributed by atoms with Gasteiger partial charge in [-0.15, -0.1) is 0 Å². The molecule has 1 saturated heterocycles. The van der Waals surface area contributed by atoms with Crippen LogP contribution in [0.2, 0.25) is 0 Å². The van der Waals surface area contributed by atoms with Gasteiger partial charge in [-0.1, -0.05) is 60.3 Å². The third kappa shape index (κ3) is 5.45. The van der Waals surface area contributed by atoms with Gasteiger partial charge in [0.1, 0.15) is 0 Å². The number of carbonyl (C=O) groups is 2. The average Bonchev–Trinajstić information content (AvgIpc) is 2.91. The van der Waals surface area contributed by atoms with E-state index in [0.29, 0.717) is 11.3 Å². The molecule has 7 nitrogen and oxygen atoms in total. The molecule has 3 amide bonds. The number of carbonyl (C=O) groups excluding carboxylic acids is 2. The van der Waals surface area contributed by atoms with Gasteiger partial charge < -0.3 is 20.9 Å². The predicted octanol–water partition coefficient (Wildman–Crippen LogP) is 6.71. The first kappa shape index (κ1) is 25.6. The van der Waals surface area contributed by atoms with E-state index in [9.17, 15) is 9.59 Å². The highest BCUT2D eigenvalue weighted by Gasteiger charge is 2.37. The van der Waals surface area contributed by atoms with Crippen LogP contribution in [0, 0.1) is 13.8 Å². The number of nitrogens with one attached hydrogen (secondary N) is 3. The second kappa shape index (κ2) is 11.1. The summed E-state index contributed by atoms with van der Waals surface area (Å²) < 4.78 is 0. The van der Waals surface area contributed by atoms with Gasteiger partial charge in [0.15, 0.2) is 5.17 Å². The molecule has 1 unspecified atom stereocenters. The molecule has 0 aliphatic carbocycles. The van der Waals surface area contributed by atoms with Crippen LogP contribution in [0.5, 0.6) is 0 Å². The fourth-order valence-electron chi connectivity index (χ4n) is 4.86. The molecule has 3 aromatic rings. The SMILES string of the molecule is CC1=C(C(=O)Nc2ccccc2)C(c2ccc(NC(=O)Nc3c(C)cccc3C)cc2)N2CCCSC2=N1. The number of nitrogens with zero attached hydrogens (tertiary/aromatic N) is 2. The summed E-state index contributed by atoms with van der Waals surface area (Å²) in [5.74, 6) is 0.853. The molecule has 0 aromatic heterocycles. The third-order valence-corrected chi connectivity index (χ3v) is 7.82. The van der Waals surface area contributed by atoms with E-state index in [1.807, 2.05) is 93.6 Å². The van der Waals surface area contributed by atoms with Gasteiger partial charge in [0, 0.05) is 29.4 Å². The molecule has 3 aromatic carbocycles. The number of aliphatic imine (C=N–C) groups is 1. The number of thioether (sulfide) groups is 1. The van der Waals surface area contributed by atoms with E-state index in [2.05, 4.69) is 20.9 Å². The number of urea groups is 1. The Bertz CT molecular complexity index is 1400. The molecule has 0 radical (unpaired) electrons. The lowest BCUT2D eigenvalue weighted by molar-refractivity contribution is -0.113. The second-order valence-electron chi connectivity index (χ2n) is 9.48. The monoisotopic (exact) mass is 525 g/mol. The summed E-state index contributed by atoms with van der Waals surface area (Å²) in [6.45, 7) is 6.67. The smallest absolute Gasteiger partial charge is 0.323 e. The summed E-state index contributed by atoms with van der Waals surface area (Å²) in [7, 11) is 0. The van der Waals surface area contributed by atoms with Crippen LogP contribution in [0.1, 0.15) is 36.1 Å². The van der Waals surface area contributed by atoms with Gasteiger partial charge in [-0.25, -0.2) is 9.79 Å². The maximum absolute atomic E-state index is 13.5. The average molecular weight is 526 g/mol. The Morgan fingerprint density at radius 3 is 2.24 bits per heavy atom. The van der Waals surface area contributed by atoms with Crippen LogP contribution in [-0.2, 0) is 4.79 Å². The Balaban J connectivity index is 1.39. The molecule has 194 valence electrons. The first-order valence-electron chi connectivity index (χ1n) is 12.7. The number of allylic oxidation sites excluding steroid dienone is 1. The quantitative estimate of drug-likeness (QED) is 0.346. The van der Waals surface area contributed by atoms with Gasteiger partial charge in [0.2, 0.25) is 0 Å². The number of para-hydroxylation sites is 2. The molecule has 0 bridgehead atoms. The van der Waals surface area contributed by atoms with Crippen molar-refractivity contribution in [2.45, 2.75) is 33.2 Å². The van der Waals surface area contributed by atoms with E-state index >= 15 is 0 Å². The normalized spacial score (nSPS) is 16.9. The number of aryl methyl sites for hydroxylation is 2. The van der Waals surface area contributed by atoms with Crippen molar-refractivity contribution in [3.63, 3.8) is 0 Å². The summed E-state index contributed by atoms with van der Waals surface area (Å²) in [4.78, 5) is 33.3. The summed E-state index contributed by atoms with van der Waals surface area (Å²) in [5, 5.41) is 9.87. The van der Waals surface area contributed by atoms with Gasteiger partial charge in [-0.05, 0) is 68.1 Å². The van der Waals surface area contributed by atoms with Crippen molar-refractivity contribution < 1.29 is 9.59 Å². The lowest BCUT2D eigenvalue weighted by Crippen LogP contribution is -2.43. The summed E-state index contributed by atoms with van der Waals surface area (Å²) >= 11 is 1.73. The maximum atomic E-state index is 13.5. The molecule has 3 N–H and O–H groups in total. The van der Waals surface area contributed by atoms with Crippen molar-refractivity contribution >= 4 is 45.9 Å². The molecular weight excluding hydrogens is 494 g/mol. The zero-order valence-corrected chi connectivity index (χ0v) is 22.6. The van der Waals surface area contributed by atoms with Crippen molar-refractivity contribution in [3.05, 3.63) is 101 Å². The Labute approximate surface area is 227 Å². The van der Waals surface area contributed by atoms with Crippen LogP contribution in [-0.4, -0.2) is 34.3 Å². The molecule has 2 aliphatic heterocycles. The second-order valence-corrected chi connectivity index (χ2v) is 10.5. The third-order valence-electron chi connectivity index (χ3n) is 6.74. The first-order valence-corrected chi connectivity index (χ1v) is 13.7.